The average Bonchev–Trinajstić information content (AvgIpc) is 2.86. The summed E-state index contributed by atoms with van der Waals surface area (Å²) in [5, 5.41) is 20.3. The fourth-order valence-corrected chi connectivity index (χ4v) is 8.66. The van der Waals surface area contributed by atoms with Gasteiger partial charge in [0.25, 0.3) is 0 Å². The molecule has 3 saturated carbocycles. The Hall–Kier alpha value is -0.810. The molecule has 4 nitrogen and oxygen atoms in total. The first-order valence-corrected chi connectivity index (χ1v) is 11.6. The number of thioether (sulfide) groups is 1. The lowest BCUT2D eigenvalue weighted by molar-refractivity contribution is -0.136. The molecule has 4 aliphatic carbocycles. The highest BCUT2D eigenvalue weighted by Gasteiger charge is 2.61. The van der Waals surface area contributed by atoms with Crippen molar-refractivity contribution in [3.05, 3.63) is 11.6 Å². The number of rotatable bonds is 4. The largest absolute Gasteiger partial charge is 0.481 e. The van der Waals surface area contributed by atoms with Crippen LogP contribution < -0.4 is 0 Å². The predicted molar refractivity (Wildman–Crippen MR) is 107 cm³/mol. The summed E-state index contributed by atoms with van der Waals surface area (Å²) in [6.07, 6.45) is 8.62. The van der Waals surface area contributed by atoms with Crippen LogP contribution in [0.3, 0.4) is 0 Å². The maximum Gasteiger partial charge on any atom is 0.304 e. The second-order valence-corrected chi connectivity index (χ2v) is 11.1. The number of carbonyl (C=O) groups excluding carboxylic acids is 1. The van der Waals surface area contributed by atoms with E-state index in [9.17, 15) is 14.7 Å². The van der Waals surface area contributed by atoms with Gasteiger partial charge in [-0.15, -0.1) is 0 Å². The van der Waals surface area contributed by atoms with Gasteiger partial charge in [0.1, 0.15) is 0 Å². The summed E-state index contributed by atoms with van der Waals surface area (Å²) in [7, 11) is 0. The summed E-state index contributed by atoms with van der Waals surface area (Å²) in [6.45, 7) is 4.65. The van der Waals surface area contributed by atoms with Crippen molar-refractivity contribution in [3.8, 4) is 0 Å². The van der Waals surface area contributed by atoms with Gasteiger partial charge >= 0.3 is 5.97 Å². The van der Waals surface area contributed by atoms with Crippen LogP contribution in [-0.2, 0) is 9.59 Å². The van der Waals surface area contributed by atoms with Crippen LogP contribution in [0.15, 0.2) is 11.6 Å². The number of hydrogen-bond acceptors (Lipinski definition) is 4. The highest BCUT2D eigenvalue weighted by Crippen LogP contribution is 2.66. The Morgan fingerprint density at radius 3 is 2.78 bits per heavy atom. The van der Waals surface area contributed by atoms with E-state index in [1.807, 2.05) is 6.08 Å². The zero-order valence-corrected chi connectivity index (χ0v) is 17.3. The fourth-order valence-electron chi connectivity index (χ4n) is 7.03. The topological polar surface area (TPSA) is 74.6 Å². The van der Waals surface area contributed by atoms with Crippen LogP contribution in [0, 0.1) is 28.6 Å². The van der Waals surface area contributed by atoms with Crippen molar-refractivity contribution in [2.24, 2.45) is 28.6 Å². The Balaban J connectivity index is 1.60. The molecule has 150 valence electrons. The molecule has 0 aromatic carbocycles. The van der Waals surface area contributed by atoms with Gasteiger partial charge in [0.15, 0.2) is 5.78 Å². The molecule has 7 atom stereocenters. The number of hydrogen-bond donors (Lipinski definition) is 2. The second-order valence-electron chi connectivity index (χ2n) is 9.74. The van der Waals surface area contributed by atoms with Crippen molar-refractivity contribution in [2.45, 2.75) is 76.6 Å². The highest BCUT2D eigenvalue weighted by atomic mass is 32.2. The van der Waals surface area contributed by atoms with E-state index in [2.05, 4.69) is 13.8 Å². The molecule has 0 heterocycles. The van der Waals surface area contributed by atoms with Crippen molar-refractivity contribution in [1.29, 1.82) is 0 Å². The van der Waals surface area contributed by atoms with Gasteiger partial charge in [-0.1, -0.05) is 19.4 Å². The molecular formula is C22H32O4S. The molecule has 4 aliphatic rings. The Morgan fingerprint density at radius 2 is 2.04 bits per heavy atom. The summed E-state index contributed by atoms with van der Waals surface area (Å²) in [6, 6.07) is 0. The van der Waals surface area contributed by atoms with E-state index in [-0.39, 0.29) is 23.4 Å². The molecule has 5 heteroatoms. The Kier molecular flexibility index (Phi) is 4.99. The normalized spacial score (nSPS) is 46.3. The standard InChI is InChI=1S/C22H32O4S/c1-21-8-5-14(23)11-13(21)3-4-15-16(21)6-9-22(2)18(24)12-17(20(15)22)27-10-7-19(25)26/h11,15-18,20,24H,3-10,12H2,1-2H3,(H,25,26)/t15?,16?,17-,18+,20?,21+,22-/m1/s1. The van der Waals surface area contributed by atoms with Crippen LogP contribution in [0.1, 0.15) is 65.2 Å². The second kappa shape index (κ2) is 6.91. The highest BCUT2D eigenvalue weighted by molar-refractivity contribution is 7.99. The molecule has 0 aromatic rings. The SMILES string of the molecule is C[C@]12CCC(=O)C=C1CCC1C2CC[C@@]2(C)C1[C@H](SCCC(=O)O)C[C@@H]2O. The van der Waals surface area contributed by atoms with Gasteiger partial charge in [-0.05, 0) is 73.2 Å². The van der Waals surface area contributed by atoms with E-state index in [1.165, 1.54) is 5.57 Å². The van der Waals surface area contributed by atoms with Crippen LogP contribution in [-0.4, -0.2) is 39.1 Å². The molecule has 0 bridgehead atoms. The molecular weight excluding hydrogens is 360 g/mol. The van der Waals surface area contributed by atoms with Crippen molar-refractivity contribution in [2.75, 3.05) is 5.75 Å². The molecule has 0 aromatic heterocycles. The molecule has 4 rings (SSSR count). The third-order valence-electron chi connectivity index (χ3n) is 8.52. The molecule has 3 unspecified atom stereocenters. The molecule has 0 spiro atoms. The van der Waals surface area contributed by atoms with Gasteiger partial charge in [0.2, 0.25) is 0 Å². The first kappa shape index (κ1) is 19.5. The van der Waals surface area contributed by atoms with Crippen molar-refractivity contribution >= 4 is 23.5 Å². The number of aliphatic hydroxyl groups excluding tert-OH is 1. The lowest BCUT2D eigenvalue weighted by Gasteiger charge is -2.58. The Morgan fingerprint density at radius 1 is 1.26 bits per heavy atom. The van der Waals surface area contributed by atoms with Gasteiger partial charge in [-0.2, -0.15) is 11.8 Å². The van der Waals surface area contributed by atoms with Crippen molar-refractivity contribution < 1.29 is 19.8 Å². The number of fused-ring (bicyclic) bond motifs is 5. The maximum absolute atomic E-state index is 12.0. The van der Waals surface area contributed by atoms with Crippen molar-refractivity contribution in [3.63, 3.8) is 0 Å². The minimum atomic E-state index is -0.739. The number of ketones is 1. The Labute approximate surface area is 166 Å². The van der Waals surface area contributed by atoms with E-state index in [1.54, 1.807) is 11.8 Å². The van der Waals surface area contributed by atoms with Gasteiger partial charge in [0, 0.05) is 17.4 Å². The fraction of sp³-hybridized carbons (Fsp3) is 0.818. The Bertz CT molecular complexity index is 673. The van der Waals surface area contributed by atoms with Gasteiger partial charge in [-0.3, -0.25) is 9.59 Å². The van der Waals surface area contributed by atoms with Crippen LogP contribution in [0.5, 0.6) is 0 Å². The van der Waals surface area contributed by atoms with Crippen LogP contribution >= 0.6 is 11.8 Å². The molecule has 27 heavy (non-hydrogen) atoms. The van der Waals surface area contributed by atoms with E-state index in [0.29, 0.717) is 41.0 Å². The first-order chi connectivity index (χ1) is 12.8. The summed E-state index contributed by atoms with van der Waals surface area (Å²) in [5.41, 5.74) is 1.48. The first-order valence-electron chi connectivity index (χ1n) is 10.5. The van der Waals surface area contributed by atoms with E-state index in [4.69, 9.17) is 5.11 Å². The molecule has 2 N–H and O–H groups in total. The third-order valence-corrected chi connectivity index (χ3v) is 9.88. The number of carboxylic acid groups (broad SMARTS) is 1. The monoisotopic (exact) mass is 392 g/mol. The van der Waals surface area contributed by atoms with Crippen LogP contribution in [0.4, 0.5) is 0 Å². The smallest absolute Gasteiger partial charge is 0.304 e. The number of aliphatic hydroxyl groups is 1. The number of aliphatic carboxylic acids is 1. The lowest BCUT2D eigenvalue weighted by Crippen LogP contribution is -2.52. The van der Waals surface area contributed by atoms with E-state index >= 15 is 0 Å². The lowest BCUT2D eigenvalue weighted by atomic mass is 9.47. The van der Waals surface area contributed by atoms with E-state index in [0.717, 1.165) is 38.5 Å². The average molecular weight is 393 g/mol. The summed E-state index contributed by atoms with van der Waals surface area (Å²) < 4.78 is 0. The molecule has 0 saturated heterocycles. The molecule has 0 aliphatic heterocycles. The minimum absolute atomic E-state index is 0.0376. The maximum atomic E-state index is 12.0. The van der Waals surface area contributed by atoms with Crippen LogP contribution in [0.2, 0.25) is 0 Å². The molecule has 0 amide bonds. The number of carboxylic acids is 1. The quantitative estimate of drug-likeness (QED) is 0.754. The van der Waals surface area contributed by atoms with E-state index < -0.39 is 5.97 Å². The zero-order chi connectivity index (χ0) is 19.4. The van der Waals surface area contributed by atoms with Crippen LogP contribution in [0.25, 0.3) is 0 Å². The van der Waals surface area contributed by atoms with Gasteiger partial charge in [0.05, 0.1) is 12.5 Å². The van der Waals surface area contributed by atoms with Crippen molar-refractivity contribution in [1.82, 2.24) is 0 Å². The summed E-state index contributed by atoms with van der Waals surface area (Å²) in [5.74, 6) is 1.82. The minimum Gasteiger partial charge on any atom is -0.481 e. The number of carbonyl (C=O) groups is 2. The molecule has 3 fully saturated rings. The predicted octanol–water partition coefficient (Wildman–Crippen LogP) is 4.07. The summed E-state index contributed by atoms with van der Waals surface area (Å²) >= 11 is 1.78. The number of allylic oxidation sites excluding steroid dienone is 1. The third kappa shape index (κ3) is 3.09. The van der Waals surface area contributed by atoms with Gasteiger partial charge < -0.3 is 10.2 Å². The zero-order valence-electron chi connectivity index (χ0n) is 16.4. The molecule has 0 radical (unpaired) electrons. The van der Waals surface area contributed by atoms with Gasteiger partial charge in [-0.25, -0.2) is 0 Å². The summed E-state index contributed by atoms with van der Waals surface area (Å²) in [4.78, 5) is 22.9.